The second kappa shape index (κ2) is 10.1. The van der Waals surface area contributed by atoms with Crippen LogP contribution in [0.3, 0.4) is 0 Å². The molecule has 160 valence electrons. The molecule has 7 heteroatoms. The van der Waals surface area contributed by atoms with Gasteiger partial charge >= 0.3 is 5.97 Å². The van der Waals surface area contributed by atoms with Crippen molar-refractivity contribution in [1.82, 2.24) is 0 Å². The van der Waals surface area contributed by atoms with Gasteiger partial charge in [0.05, 0.1) is 18.1 Å². The fraction of sp³-hybridized carbons (Fsp3) is 0.250. The standard InChI is InChI=1S/C24H23ClN2O4/c1-3-6-20-22(24(28)29-4-2)21(19(14-26)23(27)31-20)15-7-5-8-18(13-15)30-17-11-9-16(25)10-12-17/h5,7-13,21H,3-4,6,27H2,1-2H3/t21-/m1/s1. The molecule has 31 heavy (non-hydrogen) atoms. The Balaban J connectivity index is 2.07. The maximum atomic E-state index is 12.9. The van der Waals surface area contributed by atoms with Crippen molar-refractivity contribution in [3.05, 3.63) is 81.9 Å². The zero-order chi connectivity index (χ0) is 22.4. The minimum atomic E-state index is -0.715. The van der Waals surface area contributed by atoms with Crippen LogP contribution >= 0.6 is 11.6 Å². The molecule has 2 N–H and O–H groups in total. The second-order valence-corrected chi connectivity index (χ2v) is 7.30. The van der Waals surface area contributed by atoms with Gasteiger partial charge in [-0.25, -0.2) is 4.79 Å². The molecule has 3 rings (SSSR count). The van der Waals surface area contributed by atoms with Crippen molar-refractivity contribution in [2.45, 2.75) is 32.6 Å². The Morgan fingerprint density at radius 3 is 2.58 bits per heavy atom. The smallest absolute Gasteiger partial charge is 0.338 e. The van der Waals surface area contributed by atoms with E-state index in [1.807, 2.05) is 13.0 Å². The molecular formula is C24H23ClN2O4. The molecule has 1 aliphatic rings. The van der Waals surface area contributed by atoms with Crippen molar-refractivity contribution in [2.75, 3.05) is 6.61 Å². The third kappa shape index (κ3) is 5.01. The van der Waals surface area contributed by atoms with Gasteiger partial charge in [0, 0.05) is 11.4 Å². The van der Waals surface area contributed by atoms with E-state index < -0.39 is 11.9 Å². The number of carbonyl (C=O) groups excluding carboxylic acids is 1. The third-order valence-electron chi connectivity index (χ3n) is 4.71. The molecule has 0 saturated carbocycles. The summed E-state index contributed by atoms with van der Waals surface area (Å²) in [6.45, 7) is 3.90. The van der Waals surface area contributed by atoms with E-state index in [1.54, 1.807) is 49.4 Å². The predicted octanol–water partition coefficient (Wildman–Crippen LogP) is 5.56. The van der Waals surface area contributed by atoms with Crippen LogP contribution in [0.15, 0.2) is 71.3 Å². The SMILES string of the molecule is CCCC1=C(C(=O)OCC)[C@H](c2cccc(Oc3ccc(Cl)cc3)c2)C(C#N)=C(N)O1. The molecule has 0 spiro atoms. The molecule has 0 aromatic heterocycles. The van der Waals surface area contributed by atoms with Crippen LogP contribution in [-0.2, 0) is 14.3 Å². The fourth-order valence-electron chi connectivity index (χ4n) is 3.39. The molecule has 1 heterocycles. The normalized spacial score (nSPS) is 15.9. The van der Waals surface area contributed by atoms with Crippen molar-refractivity contribution in [1.29, 1.82) is 5.26 Å². The topological polar surface area (TPSA) is 94.6 Å². The monoisotopic (exact) mass is 438 g/mol. The van der Waals surface area contributed by atoms with Gasteiger partial charge in [-0.15, -0.1) is 0 Å². The van der Waals surface area contributed by atoms with Crippen LogP contribution in [-0.4, -0.2) is 12.6 Å². The molecule has 0 bridgehead atoms. The van der Waals surface area contributed by atoms with Crippen LogP contribution < -0.4 is 10.5 Å². The lowest BCUT2D eigenvalue weighted by Crippen LogP contribution is -2.26. The number of hydrogen-bond donors (Lipinski definition) is 1. The van der Waals surface area contributed by atoms with Gasteiger partial charge in [-0.3, -0.25) is 0 Å². The number of nitriles is 1. The van der Waals surface area contributed by atoms with Crippen LogP contribution in [0, 0.1) is 11.3 Å². The molecule has 0 unspecified atom stereocenters. The predicted molar refractivity (Wildman–Crippen MR) is 117 cm³/mol. The van der Waals surface area contributed by atoms with E-state index in [4.69, 9.17) is 31.5 Å². The first-order chi connectivity index (χ1) is 15.0. The zero-order valence-corrected chi connectivity index (χ0v) is 18.1. The molecular weight excluding hydrogens is 416 g/mol. The summed E-state index contributed by atoms with van der Waals surface area (Å²) in [5, 5.41) is 10.4. The Morgan fingerprint density at radius 2 is 1.94 bits per heavy atom. The molecule has 0 saturated heterocycles. The first-order valence-corrected chi connectivity index (χ1v) is 10.4. The van der Waals surface area contributed by atoms with Gasteiger partial charge in [0.1, 0.15) is 28.9 Å². The minimum Gasteiger partial charge on any atom is -0.463 e. The summed E-state index contributed by atoms with van der Waals surface area (Å²) in [6.07, 6.45) is 1.23. The van der Waals surface area contributed by atoms with Gasteiger partial charge in [0.15, 0.2) is 0 Å². The summed E-state index contributed by atoms with van der Waals surface area (Å²) < 4.78 is 16.9. The van der Waals surface area contributed by atoms with E-state index in [1.165, 1.54) is 0 Å². The highest BCUT2D eigenvalue weighted by atomic mass is 35.5. The van der Waals surface area contributed by atoms with Crippen molar-refractivity contribution < 1.29 is 19.0 Å². The molecule has 0 fully saturated rings. The maximum absolute atomic E-state index is 12.9. The minimum absolute atomic E-state index is 0.00646. The number of benzene rings is 2. The summed E-state index contributed by atoms with van der Waals surface area (Å²) in [4.78, 5) is 12.9. The van der Waals surface area contributed by atoms with Gasteiger partial charge < -0.3 is 19.9 Å². The highest BCUT2D eigenvalue weighted by Crippen LogP contribution is 2.42. The lowest BCUT2D eigenvalue weighted by atomic mass is 9.82. The maximum Gasteiger partial charge on any atom is 0.338 e. The number of esters is 1. The zero-order valence-electron chi connectivity index (χ0n) is 17.4. The van der Waals surface area contributed by atoms with Crippen LogP contribution in [0.2, 0.25) is 5.02 Å². The third-order valence-corrected chi connectivity index (χ3v) is 4.96. The Morgan fingerprint density at radius 1 is 1.19 bits per heavy atom. The van der Waals surface area contributed by atoms with Crippen LogP contribution in [0.25, 0.3) is 0 Å². The average molecular weight is 439 g/mol. The average Bonchev–Trinajstić information content (AvgIpc) is 2.75. The molecule has 1 atom stereocenters. The van der Waals surface area contributed by atoms with Crippen molar-refractivity contribution in [2.24, 2.45) is 5.73 Å². The van der Waals surface area contributed by atoms with Gasteiger partial charge in [0.25, 0.3) is 0 Å². The Labute approximate surface area is 186 Å². The van der Waals surface area contributed by atoms with E-state index in [9.17, 15) is 10.1 Å². The number of nitrogens with zero attached hydrogens (tertiary/aromatic N) is 1. The second-order valence-electron chi connectivity index (χ2n) is 6.86. The van der Waals surface area contributed by atoms with Crippen molar-refractivity contribution in [3.63, 3.8) is 0 Å². The first-order valence-electron chi connectivity index (χ1n) is 9.99. The largest absolute Gasteiger partial charge is 0.463 e. The highest BCUT2D eigenvalue weighted by molar-refractivity contribution is 6.30. The van der Waals surface area contributed by atoms with E-state index in [0.29, 0.717) is 34.3 Å². The number of carbonyl (C=O) groups is 1. The molecule has 6 nitrogen and oxygen atoms in total. The lowest BCUT2D eigenvalue weighted by Gasteiger charge is -2.28. The highest BCUT2D eigenvalue weighted by Gasteiger charge is 2.37. The summed E-state index contributed by atoms with van der Waals surface area (Å²) in [5.41, 5.74) is 7.18. The van der Waals surface area contributed by atoms with Gasteiger partial charge in [-0.05, 0) is 55.3 Å². The molecule has 0 amide bonds. The van der Waals surface area contributed by atoms with Crippen molar-refractivity contribution >= 4 is 17.6 Å². The summed E-state index contributed by atoms with van der Waals surface area (Å²) in [5.74, 6) is 0.326. The number of halogens is 1. The number of ether oxygens (including phenoxy) is 3. The van der Waals surface area contributed by atoms with E-state index in [2.05, 4.69) is 6.07 Å². The summed E-state index contributed by atoms with van der Waals surface area (Å²) >= 11 is 5.93. The quantitative estimate of drug-likeness (QED) is 0.569. The van der Waals surface area contributed by atoms with E-state index >= 15 is 0 Å². The Hall–Kier alpha value is -3.43. The van der Waals surface area contributed by atoms with Crippen molar-refractivity contribution in [3.8, 4) is 17.6 Å². The van der Waals surface area contributed by atoms with Crippen LogP contribution in [0.4, 0.5) is 0 Å². The van der Waals surface area contributed by atoms with Crippen LogP contribution in [0.1, 0.15) is 38.2 Å². The van der Waals surface area contributed by atoms with Gasteiger partial charge in [0.2, 0.25) is 5.88 Å². The summed E-state index contributed by atoms with van der Waals surface area (Å²) in [7, 11) is 0. The van der Waals surface area contributed by atoms with E-state index in [0.717, 1.165) is 6.42 Å². The molecule has 0 aliphatic carbocycles. The Bertz CT molecular complexity index is 1070. The fourth-order valence-corrected chi connectivity index (χ4v) is 3.52. The lowest BCUT2D eigenvalue weighted by molar-refractivity contribution is -0.139. The number of rotatable bonds is 7. The Kier molecular flexibility index (Phi) is 7.22. The van der Waals surface area contributed by atoms with Gasteiger partial charge in [-0.2, -0.15) is 5.26 Å². The molecule has 0 radical (unpaired) electrons. The van der Waals surface area contributed by atoms with Crippen LogP contribution in [0.5, 0.6) is 11.5 Å². The number of nitrogens with two attached hydrogens (primary N) is 1. The molecule has 2 aromatic rings. The van der Waals surface area contributed by atoms with Gasteiger partial charge in [-0.1, -0.05) is 30.7 Å². The first kappa shape index (κ1) is 22.3. The van der Waals surface area contributed by atoms with E-state index in [-0.39, 0.29) is 23.6 Å². The number of allylic oxidation sites excluding steroid dienone is 2. The summed E-state index contributed by atoms with van der Waals surface area (Å²) in [6, 6.07) is 16.2. The molecule has 1 aliphatic heterocycles. The number of hydrogen-bond acceptors (Lipinski definition) is 6. The molecule has 2 aromatic carbocycles.